The molecule has 1 aliphatic rings. The van der Waals surface area contributed by atoms with Gasteiger partial charge in [-0.2, -0.15) is 0 Å². The van der Waals surface area contributed by atoms with Crippen LogP contribution in [0.2, 0.25) is 0 Å². The number of urea groups is 1. The number of anilines is 1. The Bertz CT molecular complexity index is 1020. The van der Waals surface area contributed by atoms with E-state index in [4.69, 9.17) is 0 Å². The molecule has 8 heteroatoms. The van der Waals surface area contributed by atoms with E-state index in [2.05, 4.69) is 31.5 Å². The number of rotatable bonds is 5. The summed E-state index contributed by atoms with van der Waals surface area (Å²) in [5.41, 5.74) is 2.58. The smallest absolute Gasteiger partial charge is 0.322 e. The summed E-state index contributed by atoms with van der Waals surface area (Å²) in [6.45, 7) is 0.913. The number of halogens is 1. The minimum Gasteiger partial charge on any atom is -0.349 e. The number of carbonyl (C=O) groups is 2. The summed E-state index contributed by atoms with van der Waals surface area (Å²) < 4.78 is 0.941. The van der Waals surface area contributed by atoms with Gasteiger partial charge in [-0.1, -0.05) is 46.3 Å². The summed E-state index contributed by atoms with van der Waals surface area (Å²) >= 11 is 4.93. The summed E-state index contributed by atoms with van der Waals surface area (Å²) in [5, 5.41) is 8.69. The van der Waals surface area contributed by atoms with Crippen LogP contribution in [-0.2, 0) is 11.3 Å². The van der Waals surface area contributed by atoms with E-state index in [0.29, 0.717) is 25.2 Å². The van der Waals surface area contributed by atoms with Crippen LogP contribution in [0.3, 0.4) is 0 Å². The first kappa shape index (κ1) is 20.6. The maximum atomic E-state index is 12.7. The second-order valence-electron chi connectivity index (χ2n) is 7.02. The van der Waals surface area contributed by atoms with E-state index in [0.717, 1.165) is 27.2 Å². The van der Waals surface area contributed by atoms with Crippen molar-refractivity contribution in [3.05, 3.63) is 70.1 Å². The van der Waals surface area contributed by atoms with Crippen LogP contribution in [0.5, 0.6) is 0 Å². The van der Waals surface area contributed by atoms with Crippen molar-refractivity contribution in [2.75, 3.05) is 11.9 Å². The summed E-state index contributed by atoms with van der Waals surface area (Å²) in [7, 11) is 0. The SMILES string of the molecule is O=C(NCc1csc(-c2ccccc2)n1)C1CCCN1C(=O)Nc1ccc(Br)cc1. The van der Waals surface area contributed by atoms with Crippen LogP contribution >= 0.6 is 27.3 Å². The lowest BCUT2D eigenvalue weighted by Gasteiger charge is -2.24. The third kappa shape index (κ3) is 4.88. The normalized spacial score (nSPS) is 15.8. The number of hydrogen-bond donors (Lipinski definition) is 2. The van der Waals surface area contributed by atoms with E-state index < -0.39 is 6.04 Å². The molecular formula is C22H21BrN4O2S. The number of aromatic nitrogens is 1. The van der Waals surface area contributed by atoms with E-state index in [1.807, 2.05) is 60.0 Å². The van der Waals surface area contributed by atoms with E-state index in [-0.39, 0.29) is 11.9 Å². The van der Waals surface area contributed by atoms with E-state index >= 15 is 0 Å². The van der Waals surface area contributed by atoms with Gasteiger partial charge in [0, 0.05) is 27.6 Å². The van der Waals surface area contributed by atoms with Gasteiger partial charge in [0.05, 0.1) is 12.2 Å². The van der Waals surface area contributed by atoms with Gasteiger partial charge >= 0.3 is 6.03 Å². The van der Waals surface area contributed by atoms with Crippen molar-refractivity contribution in [3.63, 3.8) is 0 Å². The first-order chi connectivity index (χ1) is 14.6. The van der Waals surface area contributed by atoms with Crippen molar-refractivity contribution >= 4 is 44.9 Å². The molecule has 1 aliphatic heterocycles. The zero-order valence-electron chi connectivity index (χ0n) is 16.2. The van der Waals surface area contributed by atoms with Crippen molar-refractivity contribution in [3.8, 4) is 10.6 Å². The molecular weight excluding hydrogens is 464 g/mol. The van der Waals surface area contributed by atoms with Crippen molar-refractivity contribution in [1.82, 2.24) is 15.2 Å². The van der Waals surface area contributed by atoms with Gasteiger partial charge in [0.15, 0.2) is 0 Å². The average molecular weight is 485 g/mol. The zero-order chi connectivity index (χ0) is 20.9. The number of hydrogen-bond acceptors (Lipinski definition) is 4. The molecule has 3 aromatic rings. The van der Waals surface area contributed by atoms with Crippen molar-refractivity contribution in [1.29, 1.82) is 0 Å². The van der Waals surface area contributed by atoms with Crippen LogP contribution in [0.4, 0.5) is 10.5 Å². The number of carbonyl (C=O) groups excluding carboxylic acids is 2. The molecule has 0 aliphatic carbocycles. The van der Waals surface area contributed by atoms with Gasteiger partial charge in [-0.3, -0.25) is 4.79 Å². The predicted octanol–water partition coefficient (Wildman–Crippen LogP) is 4.89. The molecule has 2 aromatic carbocycles. The lowest BCUT2D eigenvalue weighted by Crippen LogP contribution is -2.47. The minimum atomic E-state index is -0.465. The van der Waals surface area contributed by atoms with Gasteiger partial charge in [-0.15, -0.1) is 11.3 Å². The summed E-state index contributed by atoms with van der Waals surface area (Å²) in [4.78, 5) is 31.6. The fourth-order valence-electron chi connectivity index (χ4n) is 3.41. The van der Waals surface area contributed by atoms with Gasteiger partial charge < -0.3 is 15.5 Å². The highest BCUT2D eigenvalue weighted by Crippen LogP contribution is 2.24. The Kier molecular flexibility index (Phi) is 6.44. The molecule has 1 fully saturated rings. The lowest BCUT2D eigenvalue weighted by atomic mass is 10.2. The van der Waals surface area contributed by atoms with E-state index in [1.165, 1.54) is 0 Å². The van der Waals surface area contributed by atoms with Gasteiger partial charge in [0.25, 0.3) is 0 Å². The predicted molar refractivity (Wildman–Crippen MR) is 122 cm³/mol. The van der Waals surface area contributed by atoms with Crippen molar-refractivity contribution < 1.29 is 9.59 Å². The van der Waals surface area contributed by atoms with Crippen LogP contribution in [0.25, 0.3) is 10.6 Å². The van der Waals surface area contributed by atoms with E-state index in [1.54, 1.807) is 16.2 Å². The highest BCUT2D eigenvalue weighted by Gasteiger charge is 2.34. The largest absolute Gasteiger partial charge is 0.349 e. The molecule has 0 bridgehead atoms. The number of benzene rings is 2. The standard InChI is InChI=1S/C22H21BrN4O2S/c23-16-8-10-17(11-9-16)26-22(29)27-12-4-7-19(27)20(28)24-13-18-14-30-21(25-18)15-5-2-1-3-6-15/h1-3,5-6,8-11,14,19H,4,7,12-13H2,(H,24,28)(H,26,29). The second-order valence-corrected chi connectivity index (χ2v) is 8.79. The summed E-state index contributed by atoms with van der Waals surface area (Å²) in [6, 6.07) is 16.6. The molecule has 3 amide bonds. The molecule has 1 unspecified atom stereocenters. The molecule has 0 saturated carbocycles. The molecule has 1 aromatic heterocycles. The fourth-order valence-corrected chi connectivity index (χ4v) is 4.50. The monoisotopic (exact) mass is 484 g/mol. The second kappa shape index (κ2) is 9.40. The molecule has 2 N–H and O–H groups in total. The minimum absolute atomic E-state index is 0.146. The molecule has 30 heavy (non-hydrogen) atoms. The molecule has 154 valence electrons. The lowest BCUT2D eigenvalue weighted by molar-refractivity contribution is -0.124. The maximum absolute atomic E-state index is 12.7. The maximum Gasteiger partial charge on any atom is 0.322 e. The number of likely N-dealkylation sites (tertiary alicyclic amines) is 1. The quantitative estimate of drug-likeness (QED) is 0.541. The highest BCUT2D eigenvalue weighted by atomic mass is 79.9. The number of amides is 3. The Morgan fingerprint density at radius 3 is 2.67 bits per heavy atom. The molecule has 2 heterocycles. The van der Waals surface area contributed by atoms with Crippen LogP contribution in [0.15, 0.2) is 64.5 Å². The van der Waals surface area contributed by atoms with Gasteiger partial charge in [0.1, 0.15) is 11.0 Å². The Labute approximate surface area is 187 Å². The Hall–Kier alpha value is -2.71. The number of nitrogens with zero attached hydrogens (tertiary/aromatic N) is 2. The first-order valence-electron chi connectivity index (χ1n) is 9.71. The first-order valence-corrected chi connectivity index (χ1v) is 11.4. The van der Waals surface area contributed by atoms with Crippen LogP contribution in [-0.4, -0.2) is 34.4 Å². The molecule has 4 rings (SSSR count). The van der Waals surface area contributed by atoms with Gasteiger partial charge in [-0.05, 0) is 37.1 Å². The third-order valence-corrected chi connectivity index (χ3v) is 6.40. The van der Waals surface area contributed by atoms with Crippen molar-refractivity contribution in [2.45, 2.75) is 25.4 Å². The molecule has 0 radical (unpaired) electrons. The molecule has 1 atom stereocenters. The van der Waals surface area contributed by atoms with Gasteiger partial charge in [-0.25, -0.2) is 9.78 Å². The Balaban J connectivity index is 1.34. The Morgan fingerprint density at radius 1 is 1.13 bits per heavy atom. The van der Waals surface area contributed by atoms with Gasteiger partial charge in [0.2, 0.25) is 5.91 Å². The van der Waals surface area contributed by atoms with E-state index in [9.17, 15) is 9.59 Å². The zero-order valence-corrected chi connectivity index (χ0v) is 18.6. The highest BCUT2D eigenvalue weighted by molar-refractivity contribution is 9.10. The van der Waals surface area contributed by atoms with Crippen molar-refractivity contribution in [2.24, 2.45) is 0 Å². The Morgan fingerprint density at radius 2 is 1.90 bits per heavy atom. The third-order valence-electron chi connectivity index (χ3n) is 4.93. The summed E-state index contributed by atoms with van der Waals surface area (Å²) in [5.74, 6) is -0.146. The molecule has 0 spiro atoms. The van der Waals surface area contributed by atoms with Crippen LogP contribution < -0.4 is 10.6 Å². The average Bonchev–Trinajstić information content (AvgIpc) is 3.44. The number of thiazole rings is 1. The molecule has 1 saturated heterocycles. The van der Waals surface area contributed by atoms with Crippen LogP contribution in [0.1, 0.15) is 18.5 Å². The van der Waals surface area contributed by atoms with Crippen LogP contribution in [0, 0.1) is 0 Å². The topological polar surface area (TPSA) is 74.3 Å². The number of nitrogens with one attached hydrogen (secondary N) is 2. The summed E-state index contributed by atoms with van der Waals surface area (Å²) in [6.07, 6.45) is 1.46. The fraction of sp³-hybridized carbons (Fsp3) is 0.227. The molecule has 6 nitrogen and oxygen atoms in total.